The van der Waals surface area contributed by atoms with Crippen molar-refractivity contribution in [2.45, 2.75) is 13.0 Å². The Morgan fingerprint density at radius 2 is 2.05 bits per heavy atom. The zero-order chi connectivity index (χ0) is 14.7. The van der Waals surface area contributed by atoms with E-state index in [1.165, 1.54) is 12.3 Å². The van der Waals surface area contributed by atoms with Gasteiger partial charge in [-0.1, -0.05) is 0 Å². The van der Waals surface area contributed by atoms with E-state index in [9.17, 15) is 14.9 Å². The minimum atomic E-state index is -0.525. The minimum absolute atomic E-state index is 0.0496. The summed E-state index contributed by atoms with van der Waals surface area (Å²) in [5.41, 5.74) is 6.40. The zero-order valence-electron chi connectivity index (χ0n) is 11.2. The van der Waals surface area contributed by atoms with E-state index < -0.39 is 11.0 Å². The lowest BCUT2D eigenvalue weighted by molar-refractivity contribution is -0.389. The summed E-state index contributed by atoms with van der Waals surface area (Å²) in [6.45, 7) is 4.19. The van der Waals surface area contributed by atoms with Crippen LogP contribution < -0.4 is 10.6 Å². The Morgan fingerprint density at radius 3 is 2.50 bits per heavy atom. The maximum absolute atomic E-state index is 11.8. The molecule has 2 heterocycles. The van der Waals surface area contributed by atoms with Crippen LogP contribution in [0, 0.1) is 10.1 Å². The summed E-state index contributed by atoms with van der Waals surface area (Å²) in [5, 5.41) is 10.5. The normalized spacial score (nSPS) is 16.9. The van der Waals surface area contributed by atoms with Crippen LogP contribution in [0.3, 0.4) is 0 Å². The summed E-state index contributed by atoms with van der Waals surface area (Å²) in [6.07, 6.45) is 1.49. The summed E-state index contributed by atoms with van der Waals surface area (Å²) in [6, 6.07) is 2.57. The van der Waals surface area contributed by atoms with E-state index in [2.05, 4.69) is 4.98 Å². The van der Waals surface area contributed by atoms with Crippen LogP contribution in [-0.4, -0.2) is 52.9 Å². The van der Waals surface area contributed by atoms with Gasteiger partial charge in [-0.15, -0.1) is 0 Å². The monoisotopic (exact) mass is 279 g/mol. The first kappa shape index (κ1) is 14.2. The lowest BCUT2D eigenvalue weighted by atomic mass is 10.2. The first-order chi connectivity index (χ1) is 9.49. The van der Waals surface area contributed by atoms with Crippen LogP contribution in [0.15, 0.2) is 18.3 Å². The molecule has 1 aliphatic rings. The van der Waals surface area contributed by atoms with Crippen LogP contribution >= 0.6 is 0 Å². The van der Waals surface area contributed by atoms with Crippen molar-refractivity contribution in [2.75, 3.05) is 31.1 Å². The van der Waals surface area contributed by atoms with Crippen molar-refractivity contribution in [3.8, 4) is 0 Å². The number of anilines is 1. The third kappa shape index (κ3) is 3.02. The Kier molecular flexibility index (Phi) is 4.14. The summed E-state index contributed by atoms with van der Waals surface area (Å²) in [5.74, 6) is -0.217. The molecule has 0 saturated carbocycles. The third-order valence-electron chi connectivity index (χ3n) is 3.27. The van der Waals surface area contributed by atoms with E-state index in [0.29, 0.717) is 26.2 Å². The molecule has 0 aliphatic carbocycles. The second kappa shape index (κ2) is 5.83. The molecule has 8 nitrogen and oxygen atoms in total. The third-order valence-corrected chi connectivity index (χ3v) is 3.27. The first-order valence-corrected chi connectivity index (χ1v) is 6.39. The van der Waals surface area contributed by atoms with E-state index in [-0.39, 0.29) is 11.7 Å². The molecule has 0 bridgehead atoms. The molecule has 0 unspecified atom stereocenters. The van der Waals surface area contributed by atoms with Crippen molar-refractivity contribution >= 4 is 17.4 Å². The predicted molar refractivity (Wildman–Crippen MR) is 73.3 cm³/mol. The van der Waals surface area contributed by atoms with Gasteiger partial charge >= 0.3 is 5.82 Å². The van der Waals surface area contributed by atoms with E-state index in [4.69, 9.17) is 5.73 Å². The van der Waals surface area contributed by atoms with Crippen LogP contribution in [0.2, 0.25) is 0 Å². The molecular formula is C12H17N5O3. The molecule has 1 aromatic heterocycles. The molecule has 1 fully saturated rings. The largest absolute Gasteiger partial charge is 0.365 e. The summed E-state index contributed by atoms with van der Waals surface area (Å²) in [7, 11) is 0. The van der Waals surface area contributed by atoms with Gasteiger partial charge in [0.15, 0.2) is 6.20 Å². The highest BCUT2D eigenvalue weighted by Gasteiger charge is 2.23. The number of carbonyl (C=O) groups is 1. The molecule has 8 heteroatoms. The maximum atomic E-state index is 11.8. The van der Waals surface area contributed by atoms with Gasteiger partial charge in [0.1, 0.15) is 0 Å². The van der Waals surface area contributed by atoms with Gasteiger partial charge < -0.3 is 25.6 Å². The molecule has 0 aromatic carbocycles. The number of pyridine rings is 1. The van der Waals surface area contributed by atoms with Crippen molar-refractivity contribution in [2.24, 2.45) is 5.73 Å². The fourth-order valence-electron chi connectivity index (χ4n) is 2.15. The first-order valence-electron chi connectivity index (χ1n) is 6.39. The van der Waals surface area contributed by atoms with Gasteiger partial charge in [-0.2, -0.15) is 0 Å². The van der Waals surface area contributed by atoms with Gasteiger partial charge in [0, 0.05) is 32.2 Å². The van der Waals surface area contributed by atoms with Gasteiger partial charge in [-0.05, 0) is 22.9 Å². The van der Waals surface area contributed by atoms with E-state index in [0.717, 1.165) is 5.69 Å². The summed E-state index contributed by atoms with van der Waals surface area (Å²) >= 11 is 0. The van der Waals surface area contributed by atoms with E-state index in [1.54, 1.807) is 17.9 Å². The molecule has 1 saturated heterocycles. The van der Waals surface area contributed by atoms with E-state index >= 15 is 0 Å². The van der Waals surface area contributed by atoms with Crippen LogP contribution in [0.1, 0.15) is 6.92 Å². The molecule has 1 atom stereocenters. The number of nitro groups is 1. The Bertz CT molecular complexity index is 494. The van der Waals surface area contributed by atoms with Crippen molar-refractivity contribution in [1.29, 1.82) is 0 Å². The number of hydrogen-bond donors (Lipinski definition) is 1. The molecule has 20 heavy (non-hydrogen) atoms. The highest BCUT2D eigenvalue weighted by molar-refractivity contribution is 5.81. The lowest BCUT2D eigenvalue weighted by Gasteiger charge is -2.36. The number of piperazine rings is 1. The molecule has 1 amide bonds. The number of nitrogens with two attached hydrogens (primary N) is 1. The number of aromatic nitrogens is 1. The number of nitrogens with zero attached hydrogens (tertiary/aromatic N) is 4. The van der Waals surface area contributed by atoms with E-state index in [1.807, 2.05) is 4.90 Å². The Labute approximate surface area is 116 Å². The fourth-order valence-corrected chi connectivity index (χ4v) is 2.15. The average molecular weight is 279 g/mol. The van der Waals surface area contributed by atoms with Crippen LogP contribution in [0.4, 0.5) is 11.5 Å². The fraction of sp³-hybridized carbons (Fsp3) is 0.500. The van der Waals surface area contributed by atoms with Crippen LogP contribution in [-0.2, 0) is 4.79 Å². The van der Waals surface area contributed by atoms with Gasteiger partial charge in [0.05, 0.1) is 11.7 Å². The molecule has 1 aliphatic heterocycles. The second-order valence-corrected chi connectivity index (χ2v) is 4.73. The van der Waals surface area contributed by atoms with Gasteiger partial charge in [-0.3, -0.25) is 4.79 Å². The maximum Gasteiger partial charge on any atom is 0.363 e. The highest BCUT2D eigenvalue weighted by atomic mass is 16.6. The quantitative estimate of drug-likeness (QED) is 0.616. The number of rotatable bonds is 3. The molecule has 0 spiro atoms. The number of hydrogen-bond acceptors (Lipinski definition) is 6. The standard InChI is InChI=1S/C12H17N5O3/c1-9(13)12(18)16-6-4-15(5-7-16)10-2-3-11(14-8-10)17(19)20/h2-3,8-9H,4-7,13H2,1H3/t9-/m0/s1. The molecular weight excluding hydrogens is 262 g/mol. The topological polar surface area (TPSA) is 106 Å². The van der Waals surface area contributed by atoms with Crippen molar-refractivity contribution in [3.05, 3.63) is 28.4 Å². The van der Waals surface area contributed by atoms with Crippen LogP contribution in [0.5, 0.6) is 0 Å². The van der Waals surface area contributed by atoms with Crippen LogP contribution in [0.25, 0.3) is 0 Å². The van der Waals surface area contributed by atoms with Crippen molar-refractivity contribution in [1.82, 2.24) is 9.88 Å². The van der Waals surface area contributed by atoms with Gasteiger partial charge in [-0.25, -0.2) is 0 Å². The Balaban J connectivity index is 1.97. The van der Waals surface area contributed by atoms with Gasteiger partial charge in [0.25, 0.3) is 0 Å². The number of carbonyl (C=O) groups excluding carboxylic acids is 1. The number of amides is 1. The molecule has 2 rings (SSSR count). The summed E-state index contributed by atoms with van der Waals surface area (Å²) in [4.78, 5) is 29.3. The zero-order valence-corrected chi connectivity index (χ0v) is 11.2. The minimum Gasteiger partial charge on any atom is -0.365 e. The average Bonchev–Trinajstić information content (AvgIpc) is 2.46. The highest BCUT2D eigenvalue weighted by Crippen LogP contribution is 2.18. The molecule has 108 valence electrons. The van der Waals surface area contributed by atoms with Crippen molar-refractivity contribution < 1.29 is 9.72 Å². The Morgan fingerprint density at radius 1 is 1.40 bits per heavy atom. The lowest BCUT2D eigenvalue weighted by Crippen LogP contribution is -2.52. The van der Waals surface area contributed by atoms with Crippen molar-refractivity contribution in [3.63, 3.8) is 0 Å². The smallest absolute Gasteiger partial charge is 0.363 e. The SMILES string of the molecule is C[C@H](N)C(=O)N1CCN(c2ccc([N+](=O)[O-])nc2)CC1. The molecule has 1 aromatic rings. The molecule has 2 N–H and O–H groups in total. The summed E-state index contributed by atoms with van der Waals surface area (Å²) < 4.78 is 0. The Hall–Kier alpha value is -2.22. The van der Waals surface area contributed by atoms with Gasteiger partial charge in [0.2, 0.25) is 5.91 Å². The predicted octanol–water partition coefficient (Wildman–Crippen LogP) is -0.0144. The molecule has 0 radical (unpaired) electrons. The second-order valence-electron chi connectivity index (χ2n) is 4.73.